The van der Waals surface area contributed by atoms with Gasteiger partial charge in [-0.05, 0) is 55.8 Å². The fourth-order valence-electron chi connectivity index (χ4n) is 3.23. The first-order chi connectivity index (χ1) is 15.3. The Morgan fingerprint density at radius 2 is 1.78 bits per heavy atom. The topological polar surface area (TPSA) is 91.7 Å². The van der Waals surface area contributed by atoms with Crippen molar-refractivity contribution >= 4 is 45.5 Å². The summed E-state index contributed by atoms with van der Waals surface area (Å²) in [6.07, 6.45) is 1.45. The van der Waals surface area contributed by atoms with E-state index >= 15 is 0 Å². The second kappa shape index (κ2) is 8.84. The number of anilines is 1. The Kier molecular flexibility index (Phi) is 5.96. The molecule has 1 aliphatic heterocycles. The first kappa shape index (κ1) is 21.6. The largest absolute Gasteiger partial charge is 0.457 e. The van der Waals surface area contributed by atoms with Gasteiger partial charge in [-0.3, -0.25) is 9.59 Å². The summed E-state index contributed by atoms with van der Waals surface area (Å²) < 4.78 is 6.72. The van der Waals surface area contributed by atoms with Gasteiger partial charge in [0, 0.05) is 21.8 Å². The molecule has 4 amide bonds. The average molecular weight is 494 g/mol. The number of carbonyl (C=O) groups is 3. The first-order valence-electron chi connectivity index (χ1n) is 9.87. The van der Waals surface area contributed by atoms with Crippen LogP contribution in [0.1, 0.15) is 16.9 Å². The van der Waals surface area contributed by atoms with Crippen molar-refractivity contribution in [2.45, 2.75) is 13.8 Å². The summed E-state index contributed by atoms with van der Waals surface area (Å²) in [5.74, 6) is -0.0384. The van der Waals surface area contributed by atoms with Gasteiger partial charge in [-0.1, -0.05) is 39.7 Å². The third kappa shape index (κ3) is 4.65. The highest BCUT2D eigenvalue weighted by molar-refractivity contribution is 9.10. The molecule has 4 rings (SSSR count). The Hall–Kier alpha value is -3.65. The van der Waals surface area contributed by atoms with E-state index in [1.165, 1.54) is 6.08 Å². The molecule has 1 aromatic heterocycles. The average Bonchev–Trinajstić information content (AvgIpc) is 3.30. The number of nitrogens with one attached hydrogen (secondary N) is 2. The zero-order valence-corrected chi connectivity index (χ0v) is 19.0. The third-order valence-corrected chi connectivity index (χ3v) is 5.56. The van der Waals surface area contributed by atoms with Crippen LogP contribution in [-0.4, -0.2) is 29.3 Å². The minimum absolute atomic E-state index is 0.0435. The van der Waals surface area contributed by atoms with Gasteiger partial charge in [-0.2, -0.15) is 0 Å². The maximum Gasteiger partial charge on any atom is 0.329 e. The molecule has 0 unspecified atom stereocenters. The van der Waals surface area contributed by atoms with E-state index in [1.807, 2.05) is 44.2 Å². The van der Waals surface area contributed by atoms with E-state index in [4.69, 9.17) is 4.42 Å². The molecule has 0 saturated carbocycles. The molecule has 0 aliphatic carbocycles. The lowest BCUT2D eigenvalue weighted by molar-refractivity contribution is -0.127. The SMILES string of the molecule is Cc1ccc(NC(=O)CN2C(=O)N/C(=C/c3ccc(-c4ccc(C)cc4Br)o3)C2=O)cc1. The number of imide groups is 1. The van der Waals surface area contributed by atoms with Gasteiger partial charge in [0.15, 0.2) is 0 Å². The molecule has 2 aromatic carbocycles. The predicted octanol–water partition coefficient (Wildman–Crippen LogP) is 4.86. The number of carbonyl (C=O) groups excluding carboxylic acids is 3. The minimum atomic E-state index is -0.659. The molecule has 3 aromatic rings. The number of nitrogens with zero attached hydrogens (tertiary/aromatic N) is 1. The Bertz CT molecular complexity index is 1240. The highest BCUT2D eigenvalue weighted by Gasteiger charge is 2.35. The van der Waals surface area contributed by atoms with E-state index in [9.17, 15) is 14.4 Å². The monoisotopic (exact) mass is 493 g/mol. The zero-order valence-electron chi connectivity index (χ0n) is 17.4. The van der Waals surface area contributed by atoms with Crippen molar-refractivity contribution in [3.63, 3.8) is 0 Å². The fourth-order valence-corrected chi connectivity index (χ4v) is 3.92. The molecule has 7 nitrogen and oxygen atoms in total. The van der Waals surface area contributed by atoms with Gasteiger partial charge in [0.1, 0.15) is 23.8 Å². The number of benzene rings is 2. The number of rotatable bonds is 5. The summed E-state index contributed by atoms with van der Waals surface area (Å²) in [5.41, 5.74) is 3.68. The molecule has 0 atom stereocenters. The second-order valence-electron chi connectivity index (χ2n) is 7.48. The van der Waals surface area contributed by atoms with Gasteiger partial charge in [-0.15, -0.1) is 0 Å². The van der Waals surface area contributed by atoms with E-state index in [-0.39, 0.29) is 5.70 Å². The van der Waals surface area contributed by atoms with Gasteiger partial charge in [-0.25, -0.2) is 9.69 Å². The number of amides is 4. The number of urea groups is 1. The molecular formula is C24H20BrN3O4. The lowest BCUT2D eigenvalue weighted by atomic mass is 10.1. The van der Waals surface area contributed by atoms with Crippen LogP contribution in [0, 0.1) is 13.8 Å². The number of halogens is 1. The van der Waals surface area contributed by atoms with Crippen LogP contribution in [0.2, 0.25) is 0 Å². The lowest BCUT2D eigenvalue weighted by Crippen LogP contribution is -2.38. The van der Waals surface area contributed by atoms with Crippen LogP contribution in [0.15, 0.2) is 69.2 Å². The van der Waals surface area contributed by atoms with Crippen molar-refractivity contribution in [3.8, 4) is 11.3 Å². The summed E-state index contributed by atoms with van der Waals surface area (Å²) in [4.78, 5) is 38.1. The molecule has 32 heavy (non-hydrogen) atoms. The molecule has 1 aliphatic rings. The maximum absolute atomic E-state index is 12.7. The van der Waals surface area contributed by atoms with Gasteiger partial charge in [0.25, 0.3) is 5.91 Å². The second-order valence-corrected chi connectivity index (χ2v) is 8.33. The normalized spacial score (nSPS) is 14.7. The smallest absolute Gasteiger partial charge is 0.329 e. The molecule has 162 valence electrons. The Morgan fingerprint density at radius 3 is 2.50 bits per heavy atom. The molecule has 0 radical (unpaired) electrons. The number of hydrogen-bond acceptors (Lipinski definition) is 4. The summed E-state index contributed by atoms with van der Waals surface area (Å²) in [5, 5.41) is 5.17. The summed E-state index contributed by atoms with van der Waals surface area (Å²) >= 11 is 3.53. The van der Waals surface area contributed by atoms with Crippen LogP contribution >= 0.6 is 15.9 Å². The number of hydrogen-bond donors (Lipinski definition) is 2. The highest BCUT2D eigenvalue weighted by atomic mass is 79.9. The van der Waals surface area contributed by atoms with Gasteiger partial charge < -0.3 is 15.1 Å². The number of furan rings is 1. The van der Waals surface area contributed by atoms with Crippen molar-refractivity contribution in [2.75, 3.05) is 11.9 Å². The van der Waals surface area contributed by atoms with E-state index in [0.29, 0.717) is 17.2 Å². The van der Waals surface area contributed by atoms with Gasteiger partial charge in [0.05, 0.1) is 0 Å². The van der Waals surface area contributed by atoms with Crippen LogP contribution in [0.3, 0.4) is 0 Å². The summed E-state index contributed by atoms with van der Waals surface area (Å²) in [6, 6.07) is 16.0. The fraction of sp³-hybridized carbons (Fsp3) is 0.125. The van der Waals surface area contributed by atoms with Crippen LogP contribution < -0.4 is 10.6 Å². The Balaban J connectivity index is 1.46. The van der Waals surface area contributed by atoms with Crippen molar-refractivity contribution in [1.82, 2.24) is 10.2 Å². The zero-order chi connectivity index (χ0) is 22.8. The van der Waals surface area contributed by atoms with Crippen molar-refractivity contribution in [1.29, 1.82) is 0 Å². The molecule has 8 heteroatoms. The molecule has 1 saturated heterocycles. The van der Waals surface area contributed by atoms with E-state index < -0.39 is 24.4 Å². The predicted molar refractivity (Wildman–Crippen MR) is 125 cm³/mol. The number of aryl methyl sites for hydroxylation is 2. The van der Waals surface area contributed by atoms with Crippen LogP contribution in [0.25, 0.3) is 17.4 Å². The van der Waals surface area contributed by atoms with Crippen molar-refractivity contribution < 1.29 is 18.8 Å². The maximum atomic E-state index is 12.7. The first-order valence-corrected chi connectivity index (χ1v) is 10.7. The van der Waals surface area contributed by atoms with Crippen molar-refractivity contribution in [3.05, 3.63) is 81.7 Å². The third-order valence-electron chi connectivity index (χ3n) is 4.90. The summed E-state index contributed by atoms with van der Waals surface area (Å²) in [7, 11) is 0. The molecule has 1 fully saturated rings. The molecule has 2 heterocycles. The van der Waals surface area contributed by atoms with Gasteiger partial charge >= 0.3 is 6.03 Å². The van der Waals surface area contributed by atoms with Crippen LogP contribution in [0.4, 0.5) is 10.5 Å². The quantitative estimate of drug-likeness (QED) is 0.392. The Morgan fingerprint density at radius 1 is 1.06 bits per heavy atom. The van der Waals surface area contributed by atoms with Crippen LogP contribution in [-0.2, 0) is 9.59 Å². The van der Waals surface area contributed by atoms with E-state index in [2.05, 4.69) is 26.6 Å². The molecule has 0 bridgehead atoms. The molecule has 2 N–H and O–H groups in total. The summed E-state index contributed by atoms with van der Waals surface area (Å²) in [6.45, 7) is 3.54. The van der Waals surface area contributed by atoms with Gasteiger partial charge in [0.2, 0.25) is 5.91 Å². The van der Waals surface area contributed by atoms with E-state index in [1.54, 1.807) is 24.3 Å². The lowest BCUT2D eigenvalue weighted by Gasteiger charge is -2.12. The standard InChI is InChI=1S/C24H20BrN3O4/c1-14-3-6-16(7-4-14)26-22(29)13-28-23(30)20(27-24(28)31)12-17-8-10-21(32-17)18-9-5-15(2)11-19(18)25/h3-12H,13H2,1-2H3,(H,26,29)(H,27,31)/b20-12+. The van der Waals surface area contributed by atoms with Crippen LogP contribution in [0.5, 0.6) is 0 Å². The Labute approximate surface area is 193 Å². The minimum Gasteiger partial charge on any atom is -0.457 e. The highest BCUT2D eigenvalue weighted by Crippen LogP contribution is 2.31. The molecule has 0 spiro atoms. The van der Waals surface area contributed by atoms with Crippen molar-refractivity contribution in [2.24, 2.45) is 0 Å². The van der Waals surface area contributed by atoms with E-state index in [0.717, 1.165) is 26.1 Å². The molecular weight excluding hydrogens is 474 g/mol.